The molecule has 0 aromatic carbocycles. The molecule has 0 aromatic rings. The van der Waals surface area contributed by atoms with Crippen LogP contribution in [0.4, 0.5) is 0 Å². The van der Waals surface area contributed by atoms with Gasteiger partial charge in [-0.05, 0) is 12.8 Å². The Hall–Kier alpha value is -0.830. The minimum atomic E-state index is -0.700. The highest BCUT2D eigenvalue weighted by Gasteiger charge is 1.91. The van der Waals surface area contributed by atoms with Gasteiger partial charge in [0.1, 0.15) is 0 Å². The lowest BCUT2D eigenvalue weighted by Gasteiger charge is -1.95. The van der Waals surface area contributed by atoms with Gasteiger partial charge in [0.05, 0.1) is 0 Å². The molecule has 0 atom stereocenters. The highest BCUT2D eigenvalue weighted by atomic mass is 17.1. The van der Waals surface area contributed by atoms with Gasteiger partial charge in [-0.3, -0.25) is 4.89 Å². The quantitative estimate of drug-likeness (QED) is 0.288. The summed E-state index contributed by atoms with van der Waals surface area (Å²) in [6.07, 6.45) is 9.93. The molecule has 3 nitrogen and oxygen atoms in total. The van der Waals surface area contributed by atoms with E-state index in [1.807, 2.05) is 0 Å². The lowest BCUT2D eigenvalue weighted by molar-refractivity contribution is -0.228. The Labute approximate surface area is 79.3 Å². The fourth-order valence-corrected chi connectivity index (χ4v) is 1.08. The van der Waals surface area contributed by atoms with Gasteiger partial charge in [0.2, 0.25) is 0 Å². The van der Waals surface area contributed by atoms with Gasteiger partial charge in [-0.25, -0.2) is 4.79 Å². The van der Waals surface area contributed by atoms with E-state index < -0.39 is 5.97 Å². The van der Waals surface area contributed by atoms with Crippen molar-refractivity contribution in [1.29, 1.82) is 0 Å². The lowest BCUT2D eigenvalue weighted by atomic mass is 10.1. The van der Waals surface area contributed by atoms with Crippen LogP contribution >= 0.6 is 0 Å². The van der Waals surface area contributed by atoms with E-state index in [1.165, 1.54) is 31.8 Å². The van der Waals surface area contributed by atoms with Crippen molar-refractivity contribution in [3.8, 4) is 0 Å². The van der Waals surface area contributed by atoms with Crippen molar-refractivity contribution in [1.82, 2.24) is 0 Å². The van der Waals surface area contributed by atoms with E-state index in [0.29, 0.717) is 0 Å². The first-order valence-electron chi connectivity index (χ1n) is 4.83. The zero-order valence-electron chi connectivity index (χ0n) is 8.16. The minimum Gasteiger partial charge on any atom is -0.296 e. The SMILES string of the molecule is CCCCCCC/C=C/C(=O)OO. The van der Waals surface area contributed by atoms with Gasteiger partial charge in [0.25, 0.3) is 0 Å². The minimum absolute atomic E-state index is 0.700. The number of rotatable bonds is 7. The van der Waals surface area contributed by atoms with Crippen molar-refractivity contribution in [2.75, 3.05) is 0 Å². The molecule has 0 fully saturated rings. The molecule has 0 aromatic heterocycles. The van der Waals surface area contributed by atoms with Crippen LogP contribution < -0.4 is 0 Å². The van der Waals surface area contributed by atoms with Crippen molar-refractivity contribution in [3.05, 3.63) is 12.2 Å². The van der Waals surface area contributed by atoms with E-state index in [2.05, 4.69) is 11.8 Å². The molecule has 0 rings (SSSR count). The fourth-order valence-electron chi connectivity index (χ4n) is 1.08. The third kappa shape index (κ3) is 9.08. The molecule has 0 amide bonds. The van der Waals surface area contributed by atoms with Gasteiger partial charge in [0.15, 0.2) is 0 Å². The van der Waals surface area contributed by atoms with E-state index in [9.17, 15) is 4.79 Å². The molecule has 0 aliphatic heterocycles. The molecule has 3 heteroatoms. The first-order chi connectivity index (χ1) is 6.31. The molecule has 1 N–H and O–H groups in total. The largest absolute Gasteiger partial charge is 0.365 e. The average Bonchev–Trinajstić information content (AvgIpc) is 2.16. The Morgan fingerprint density at radius 2 is 2.00 bits per heavy atom. The molecular formula is C10H18O3. The van der Waals surface area contributed by atoms with Crippen LogP contribution in [0.3, 0.4) is 0 Å². The lowest BCUT2D eigenvalue weighted by Crippen LogP contribution is -1.93. The van der Waals surface area contributed by atoms with Crippen LogP contribution in [0.15, 0.2) is 12.2 Å². The molecule has 0 radical (unpaired) electrons. The highest BCUT2D eigenvalue weighted by molar-refractivity contribution is 5.81. The first-order valence-corrected chi connectivity index (χ1v) is 4.83. The zero-order chi connectivity index (χ0) is 9.94. The number of unbranched alkanes of at least 4 members (excludes halogenated alkanes) is 5. The van der Waals surface area contributed by atoms with Gasteiger partial charge in [0, 0.05) is 6.08 Å². The Morgan fingerprint density at radius 1 is 1.31 bits per heavy atom. The first kappa shape index (κ1) is 12.2. The van der Waals surface area contributed by atoms with Crippen LogP contribution in [0.5, 0.6) is 0 Å². The summed E-state index contributed by atoms with van der Waals surface area (Å²) < 4.78 is 0. The molecule has 76 valence electrons. The van der Waals surface area contributed by atoms with E-state index in [0.717, 1.165) is 12.8 Å². The Morgan fingerprint density at radius 3 is 2.62 bits per heavy atom. The number of hydrogen-bond donors (Lipinski definition) is 1. The maximum Gasteiger partial charge on any atom is 0.365 e. The smallest absolute Gasteiger partial charge is 0.296 e. The van der Waals surface area contributed by atoms with Crippen LogP contribution in [0.1, 0.15) is 45.4 Å². The van der Waals surface area contributed by atoms with Crippen molar-refractivity contribution >= 4 is 5.97 Å². The van der Waals surface area contributed by atoms with Crippen molar-refractivity contribution in [2.24, 2.45) is 0 Å². The summed E-state index contributed by atoms with van der Waals surface area (Å²) in [5, 5.41) is 7.91. The molecule has 0 unspecified atom stereocenters. The van der Waals surface area contributed by atoms with Gasteiger partial charge in [-0.2, -0.15) is 5.26 Å². The molecule has 0 spiro atoms. The molecule has 0 saturated heterocycles. The monoisotopic (exact) mass is 186 g/mol. The fraction of sp³-hybridized carbons (Fsp3) is 0.700. The van der Waals surface area contributed by atoms with Crippen LogP contribution in [-0.4, -0.2) is 11.2 Å². The Balaban J connectivity index is 3.15. The second kappa shape index (κ2) is 9.26. The van der Waals surface area contributed by atoms with Gasteiger partial charge < -0.3 is 0 Å². The standard InChI is InChI=1S/C10H18O3/c1-2-3-4-5-6-7-8-9-10(11)13-12/h8-9,12H,2-7H2,1H3/b9-8+. The summed E-state index contributed by atoms with van der Waals surface area (Å²) in [5.74, 6) is -0.700. The molecule has 0 aliphatic carbocycles. The van der Waals surface area contributed by atoms with Gasteiger partial charge >= 0.3 is 5.97 Å². The van der Waals surface area contributed by atoms with E-state index >= 15 is 0 Å². The van der Waals surface area contributed by atoms with Crippen LogP contribution in [-0.2, 0) is 9.68 Å². The van der Waals surface area contributed by atoms with Crippen LogP contribution in [0.25, 0.3) is 0 Å². The van der Waals surface area contributed by atoms with Crippen LogP contribution in [0, 0.1) is 0 Å². The third-order valence-electron chi connectivity index (χ3n) is 1.82. The molecular weight excluding hydrogens is 168 g/mol. The van der Waals surface area contributed by atoms with Crippen molar-refractivity contribution in [3.63, 3.8) is 0 Å². The maximum absolute atomic E-state index is 10.4. The predicted octanol–water partition coefficient (Wildman–Crippen LogP) is 2.92. The molecule has 0 heterocycles. The predicted molar refractivity (Wildman–Crippen MR) is 51.2 cm³/mol. The van der Waals surface area contributed by atoms with E-state index in [1.54, 1.807) is 6.08 Å². The van der Waals surface area contributed by atoms with Gasteiger partial charge in [-0.15, -0.1) is 0 Å². The van der Waals surface area contributed by atoms with Crippen LogP contribution in [0.2, 0.25) is 0 Å². The summed E-state index contributed by atoms with van der Waals surface area (Å²) in [4.78, 5) is 13.9. The summed E-state index contributed by atoms with van der Waals surface area (Å²) in [6.45, 7) is 2.18. The van der Waals surface area contributed by atoms with E-state index in [4.69, 9.17) is 5.26 Å². The summed E-state index contributed by atoms with van der Waals surface area (Å²) in [6, 6.07) is 0. The van der Waals surface area contributed by atoms with Crippen molar-refractivity contribution < 1.29 is 14.9 Å². The summed E-state index contributed by atoms with van der Waals surface area (Å²) >= 11 is 0. The maximum atomic E-state index is 10.4. The number of carbonyl (C=O) groups excluding carboxylic acids is 1. The molecule has 0 bridgehead atoms. The highest BCUT2D eigenvalue weighted by Crippen LogP contribution is 2.05. The number of hydrogen-bond acceptors (Lipinski definition) is 3. The topological polar surface area (TPSA) is 46.5 Å². The van der Waals surface area contributed by atoms with E-state index in [-0.39, 0.29) is 0 Å². The van der Waals surface area contributed by atoms with Crippen molar-refractivity contribution in [2.45, 2.75) is 45.4 Å². The molecule has 0 aliphatic rings. The molecule has 0 saturated carbocycles. The Kier molecular flexibility index (Phi) is 8.67. The zero-order valence-corrected chi connectivity index (χ0v) is 8.16. The summed E-state index contributed by atoms with van der Waals surface area (Å²) in [5.41, 5.74) is 0. The summed E-state index contributed by atoms with van der Waals surface area (Å²) in [7, 11) is 0. The molecule has 13 heavy (non-hydrogen) atoms. The Bertz CT molecular complexity index is 152. The second-order valence-corrected chi connectivity index (χ2v) is 3.02. The number of allylic oxidation sites excluding steroid dienone is 1. The van der Waals surface area contributed by atoms with Gasteiger partial charge in [-0.1, -0.05) is 38.7 Å². The second-order valence-electron chi connectivity index (χ2n) is 3.02. The third-order valence-corrected chi connectivity index (χ3v) is 1.82. The average molecular weight is 186 g/mol. The normalized spacial score (nSPS) is 10.6. The number of carbonyl (C=O) groups is 1.